The topological polar surface area (TPSA) is 72.5 Å². The smallest absolute Gasteiger partial charge is 0.339 e. The zero-order valence-electron chi connectivity index (χ0n) is 16.1. The second kappa shape index (κ2) is 8.86. The van der Waals surface area contributed by atoms with Gasteiger partial charge in [-0.25, -0.2) is 4.79 Å². The summed E-state index contributed by atoms with van der Waals surface area (Å²) >= 11 is 1.47. The molecule has 2 rings (SSSR count). The number of ketones is 1. The van der Waals surface area contributed by atoms with E-state index in [0.717, 1.165) is 21.6 Å². The quantitative estimate of drug-likeness (QED) is 0.455. The highest BCUT2D eigenvalue weighted by atomic mass is 32.2. The van der Waals surface area contributed by atoms with E-state index in [-0.39, 0.29) is 18.3 Å². The van der Waals surface area contributed by atoms with Gasteiger partial charge < -0.3 is 10.1 Å². The van der Waals surface area contributed by atoms with Crippen LogP contribution in [0.2, 0.25) is 0 Å². The highest BCUT2D eigenvalue weighted by molar-refractivity contribution is 7.98. The van der Waals surface area contributed by atoms with E-state index in [0.29, 0.717) is 16.8 Å². The molecule has 0 bridgehead atoms. The fraction of sp³-hybridized carbons (Fsp3) is 0.286. The van der Waals surface area contributed by atoms with Gasteiger partial charge in [-0.3, -0.25) is 9.59 Å². The van der Waals surface area contributed by atoms with Crippen molar-refractivity contribution >= 4 is 35.1 Å². The van der Waals surface area contributed by atoms with Gasteiger partial charge in [0.25, 0.3) is 0 Å². The number of thioether (sulfide) groups is 1. The van der Waals surface area contributed by atoms with Crippen molar-refractivity contribution < 1.29 is 19.1 Å². The summed E-state index contributed by atoms with van der Waals surface area (Å²) in [6.07, 6.45) is 1.89. The zero-order valence-corrected chi connectivity index (χ0v) is 17.0. The molecule has 0 aliphatic carbocycles. The maximum absolute atomic E-state index is 12.4. The molecule has 2 aromatic rings. The Balaban J connectivity index is 2.14. The molecule has 0 aliphatic heterocycles. The number of ether oxygens (including phenoxy) is 1. The Kier molecular flexibility index (Phi) is 6.80. The number of anilines is 1. The van der Waals surface area contributed by atoms with Gasteiger partial charge in [0.15, 0.2) is 12.4 Å². The van der Waals surface area contributed by atoms with E-state index < -0.39 is 5.97 Å². The molecule has 0 aliphatic rings. The minimum atomic E-state index is -0.513. The lowest BCUT2D eigenvalue weighted by Crippen LogP contribution is -2.16. The SMILES string of the molecule is CSc1ccc(C(=O)COC(=O)c2c(C)cc(C)cc2C)cc1NC(C)=O. The number of nitrogens with one attached hydrogen (secondary N) is 1. The van der Waals surface area contributed by atoms with Gasteiger partial charge in [0.1, 0.15) is 0 Å². The molecule has 1 N–H and O–H groups in total. The van der Waals surface area contributed by atoms with Gasteiger partial charge >= 0.3 is 5.97 Å². The largest absolute Gasteiger partial charge is 0.454 e. The fourth-order valence-corrected chi connectivity index (χ4v) is 3.49. The van der Waals surface area contributed by atoms with Crippen LogP contribution in [0.5, 0.6) is 0 Å². The number of rotatable bonds is 6. The fourth-order valence-electron chi connectivity index (χ4n) is 2.96. The van der Waals surface area contributed by atoms with Crippen LogP contribution in [0.1, 0.15) is 44.3 Å². The molecule has 27 heavy (non-hydrogen) atoms. The molecule has 2 aromatic carbocycles. The minimum Gasteiger partial charge on any atom is -0.454 e. The van der Waals surface area contributed by atoms with Gasteiger partial charge in [-0.2, -0.15) is 0 Å². The van der Waals surface area contributed by atoms with Crippen LogP contribution in [0.3, 0.4) is 0 Å². The number of benzene rings is 2. The molecule has 0 saturated heterocycles. The number of hydrogen-bond donors (Lipinski definition) is 1. The van der Waals surface area contributed by atoms with Crippen LogP contribution in [-0.2, 0) is 9.53 Å². The molecular weight excluding hydrogens is 362 g/mol. The first-order chi connectivity index (χ1) is 12.7. The van der Waals surface area contributed by atoms with E-state index in [2.05, 4.69) is 5.32 Å². The lowest BCUT2D eigenvalue weighted by atomic mass is 10.00. The molecule has 0 aromatic heterocycles. The minimum absolute atomic E-state index is 0.216. The average molecular weight is 385 g/mol. The number of esters is 1. The predicted molar refractivity (Wildman–Crippen MR) is 108 cm³/mol. The lowest BCUT2D eigenvalue weighted by Gasteiger charge is -2.12. The third-order valence-corrected chi connectivity index (χ3v) is 4.84. The number of amides is 1. The van der Waals surface area contributed by atoms with Crippen LogP contribution >= 0.6 is 11.8 Å². The Hall–Kier alpha value is -2.60. The number of aryl methyl sites for hydroxylation is 3. The van der Waals surface area contributed by atoms with E-state index in [1.54, 1.807) is 18.2 Å². The van der Waals surface area contributed by atoms with Crippen LogP contribution in [0.15, 0.2) is 35.2 Å². The summed E-state index contributed by atoms with van der Waals surface area (Å²) in [6, 6.07) is 8.85. The summed E-state index contributed by atoms with van der Waals surface area (Å²) in [4.78, 5) is 37.1. The Morgan fingerprint density at radius 2 is 1.67 bits per heavy atom. The third kappa shape index (κ3) is 5.20. The summed E-state index contributed by atoms with van der Waals surface area (Å²) in [7, 11) is 0. The summed E-state index contributed by atoms with van der Waals surface area (Å²) in [5, 5.41) is 2.71. The van der Waals surface area contributed by atoms with Gasteiger partial charge in [0.05, 0.1) is 11.3 Å². The molecule has 0 spiro atoms. The summed E-state index contributed by atoms with van der Waals surface area (Å²) in [6.45, 7) is 6.71. The molecule has 1 amide bonds. The first-order valence-electron chi connectivity index (χ1n) is 8.46. The summed E-state index contributed by atoms with van der Waals surface area (Å²) in [5.41, 5.74) is 4.14. The van der Waals surface area contributed by atoms with Crippen molar-refractivity contribution in [1.29, 1.82) is 0 Å². The molecular formula is C21H23NO4S. The molecule has 0 fully saturated rings. The molecule has 0 radical (unpaired) electrons. The molecule has 6 heteroatoms. The molecule has 0 heterocycles. The maximum Gasteiger partial charge on any atom is 0.339 e. The first kappa shape index (κ1) is 20.7. The van der Waals surface area contributed by atoms with Gasteiger partial charge in [-0.05, 0) is 50.3 Å². The monoisotopic (exact) mass is 385 g/mol. The van der Waals surface area contributed by atoms with Gasteiger partial charge in [0, 0.05) is 17.4 Å². The van der Waals surface area contributed by atoms with Gasteiger partial charge in [-0.15, -0.1) is 11.8 Å². The molecule has 5 nitrogen and oxygen atoms in total. The Labute approximate surface area is 163 Å². The Bertz CT molecular complexity index is 882. The first-order valence-corrected chi connectivity index (χ1v) is 9.69. The van der Waals surface area contributed by atoms with Crippen molar-refractivity contribution in [3.8, 4) is 0 Å². The van der Waals surface area contributed by atoms with E-state index in [9.17, 15) is 14.4 Å². The Morgan fingerprint density at radius 3 is 2.22 bits per heavy atom. The van der Waals surface area contributed by atoms with E-state index in [1.807, 2.05) is 39.2 Å². The van der Waals surface area contributed by atoms with Crippen LogP contribution in [0.25, 0.3) is 0 Å². The van der Waals surface area contributed by atoms with Crippen molar-refractivity contribution in [3.63, 3.8) is 0 Å². The van der Waals surface area contributed by atoms with Crippen molar-refractivity contribution in [2.45, 2.75) is 32.6 Å². The van der Waals surface area contributed by atoms with E-state index >= 15 is 0 Å². The lowest BCUT2D eigenvalue weighted by molar-refractivity contribution is -0.114. The van der Waals surface area contributed by atoms with Crippen molar-refractivity contribution in [2.75, 3.05) is 18.2 Å². The van der Waals surface area contributed by atoms with Gasteiger partial charge in [0.2, 0.25) is 5.91 Å². The van der Waals surface area contributed by atoms with Crippen molar-refractivity contribution in [3.05, 3.63) is 58.1 Å². The molecule has 142 valence electrons. The number of carbonyl (C=O) groups is 3. The number of carbonyl (C=O) groups excluding carboxylic acids is 3. The molecule has 0 unspecified atom stereocenters. The summed E-state index contributed by atoms with van der Waals surface area (Å²) in [5.74, 6) is -1.06. The second-order valence-electron chi connectivity index (χ2n) is 6.37. The van der Waals surface area contributed by atoms with Crippen molar-refractivity contribution in [1.82, 2.24) is 0 Å². The normalized spacial score (nSPS) is 10.4. The van der Waals surface area contributed by atoms with E-state index in [1.165, 1.54) is 18.7 Å². The maximum atomic E-state index is 12.4. The molecule has 0 atom stereocenters. The molecule has 0 saturated carbocycles. The second-order valence-corrected chi connectivity index (χ2v) is 7.22. The van der Waals surface area contributed by atoms with E-state index in [4.69, 9.17) is 4.74 Å². The highest BCUT2D eigenvalue weighted by Gasteiger charge is 2.17. The third-order valence-electron chi connectivity index (χ3n) is 4.05. The van der Waals surface area contributed by atoms with Crippen LogP contribution < -0.4 is 5.32 Å². The average Bonchev–Trinajstić information content (AvgIpc) is 2.58. The van der Waals surface area contributed by atoms with Crippen LogP contribution in [0.4, 0.5) is 5.69 Å². The summed E-state index contributed by atoms with van der Waals surface area (Å²) < 4.78 is 5.24. The zero-order chi connectivity index (χ0) is 20.1. The Morgan fingerprint density at radius 1 is 1.04 bits per heavy atom. The van der Waals surface area contributed by atoms with Crippen molar-refractivity contribution in [2.24, 2.45) is 0 Å². The van der Waals surface area contributed by atoms with Crippen LogP contribution in [0, 0.1) is 20.8 Å². The number of hydrogen-bond acceptors (Lipinski definition) is 5. The highest BCUT2D eigenvalue weighted by Crippen LogP contribution is 2.27. The number of Topliss-reactive ketones (excluding diaryl/α,β-unsaturated/α-hetero) is 1. The predicted octanol–water partition coefficient (Wildman–Crippen LogP) is 4.33. The van der Waals surface area contributed by atoms with Crippen LogP contribution in [-0.4, -0.2) is 30.5 Å². The van der Waals surface area contributed by atoms with Gasteiger partial charge in [-0.1, -0.05) is 23.8 Å². The standard InChI is InChI=1S/C21H23NO4S/c1-12-8-13(2)20(14(3)9-12)21(25)26-11-18(24)16-6-7-19(27-5)17(10-16)22-15(4)23/h6-10H,11H2,1-5H3,(H,22,23).